The molecule has 0 aromatic carbocycles. The van der Waals surface area contributed by atoms with Crippen molar-refractivity contribution in [3.8, 4) is 0 Å². The van der Waals surface area contributed by atoms with E-state index in [9.17, 15) is 0 Å². The smallest absolute Gasteiger partial charge is 0.159 e. The van der Waals surface area contributed by atoms with Gasteiger partial charge in [0.25, 0.3) is 0 Å². The summed E-state index contributed by atoms with van der Waals surface area (Å²) in [5, 5.41) is 15.1. The summed E-state index contributed by atoms with van der Waals surface area (Å²) in [5.41, 5.74) is 14.9. The van der Waals surface area contributed by atoms with Crippen LogP contribution in [-0.2, 0) is 0 Å². The maximum atomic E-state index is 4.24. The Morgan fingerprint density at radius 1 is 0.162 bits per heavy atom. The first-order valence-electron chi connectivity index (χ1n) is 40.8. The number of nitrogens with zero attached hydrogens (tertiary/aromatic N) is 18. The molecular formula is C99H126N18. The van der Waals surface area contributed by atoms with Crippen LogP contribution in [0.25, 0.3) is 97.7 Å². The molecule has 0 spiro atoms. The molecule has 0 bridgehead atoms. The summed E-state index contributed by atoms with van der Waals surface area (Å²) in [7, 11) is 0. The van der Waals surface area contributed by atoms with E-state index >= 15 is 0 Å². The molecule has 0 unspecified atom stereocenters. The molecule has 0 saturated heterocycles. The van der Waals surface area contributed by atoms with Crippen LogP contribution >= 0.6 is 0 Å². The summed E-state index contributed by atoms with van der Waals surface area (Å²) in [4.78, 5) is 74.2. The Morgan fingerprint density at radius 2 is 0.521 bits per heavy atom. The van der Waals surface area contributed by atoms with E-state index in [1.165, 1.54) is 49.2 Å². The molecule has 612 valence electrons. The number of rotatable bonds is 0. The van der Waals surface area contributed by atoms with Crippen molar-refractivity contribution < 1.29 is 0 Å². The highest BCUT2D eigenvalue weighted by molar-refractivity contribution is 5.87. The molecule has 18 aromatic heterocycles. The Morgan fingerprint density at radius 3 is 1.07 bits per heavy atom. The first-order valence-corrected chi connectivity index (χ1v) is 40.8. The topological polar surface area (TPSA) is 232 Å². The van der Waals surface area contributed by atoms with Gasteiger partial charge in [-0.25, -0.2) is 9.97 Å². The van der Waals surface area contributed by atoms with E-state index in [-0.39, 0.29) is 0 Å². The van der Waals surface area contributed by atoms with E-state index < -0.39 is 0 Å². The van der Waals surface area contributed by atoms with Gasteiger partial charge in [-0.15, -0.1) is 0 Å². The molecule has 0 aliphatic rings. The van der Waals surface area contributed by atoms with Crippen LogP contribution in [0.2, 0.25) is 0 Å². The quantitative estimate of drug-likeness (QED) is 0.137. The van der Waals surface area contributed by atoms with E-state index in [0.717, 1.165) is 99.1 Å². The second kappa shape index (κ2) is 62.5. The van der Waals surface area contributed by atoms with Gasteiger partial charge in [-0.2, -0.15) is 0 Å². The van der Waals surface area contributed by atoms with Crippen molar-refractivity contribution >= 4 is 97.7 Å². The van der Waals surface area contributed by atoms with E-state index in [4.69, 9.17) is 0 Å². The lowest BCUT2D eigenvalue weighted by molar-refractivity contribution is 1.20. The Labute approximate surface area is 697 Å². The largest absolute Gasteiger partial charge is 0.264 e. The van der Waals surface area contributed by atoms with Crippen molar-refractivity contribution in [1.29, 1.82) is 0 Å². The molecule has 0 N–H and O–H groups in total. The molecule has 0 aliphatic heterocycles. The van der Waals surface area contributed by atoms with Gasteiger partial charge in [0.05, 0.1) is 34.0 Å². The van der Waals surface area contributed by atoms with Crippen molar-refractivity contribution in [3.05, 3.63) is 327 Å². The van der Waals surface area contributed by atoms with Crippen LogP contribution in [0.5, 0.6) is 0 Å². The predicted octanol–water partition coefficient (Wildman–Crippen LogP) is 26.7. The second-order valence-electron chi connectivity index (χ2n) is 22.6. The summed E-state index contributed by atoms with van der Waals surface area (Å²) in [6, 6.07) is 37.6. The summed E-state index contributed by atoms with van der Waals surface area (Å²) < 4.78 is 0. The van der Waals surface area contributed by atoms with E-state index in [0.29, 0.717) is 0 Å². The molecule has 0 radical (unpaired) electrons. The van der Waals surface area contributed by atoms with Crippen LogP contribution < -0.4 is 0 Å². The zero-order valence-corrected chi connectivity index (χ0v) is 74.5. The Bertz CT molecular complexity index is 4500. The highest BCUT2D eigenvalue weighted by Crippen LogP contribution is 2.20. The van der Waals surface area contributed by atoms with Gasteiger partial charge < -0.3 is 0 Å². The van der Waals surface area contributed by atoms with Crippen molar-refractivity contribution in [2.45, 2.75) is 187 Å². The molecule has 117 heavy (non-hydrogen) atoms. The predicted molar refractivity (Wildman–Crippen MR) is 501 cm³/mol. The van der Waals surface area contributed by atoms with Crippen molar-refractivity contribution in [2.75, 3.05) is 0 Å². The maximum absolute atomic E-state index is 4.24. The summed E-state index contributed by atoms with van der Waals surface area (Å²) in [5.74, 6) is 0. The minimum absolute atomic E-state index is 0.826. The average molecular weight is 1570 g/mol. The molecule has 18 rings (SSSR count). The van der Waals surface area contributed by atoms with Gasteiger partial charge in [0, 0.05) is 231 Å². The fraction of sp³-hybridized carbons (Fsp3) is 0.273. The zero-order valence-electron chi connectivity index (χ0n) is 74.5. The van der Waals surface area contributed by atoms with Crippen molar-refractivity contribution in [1.82, 2.24) is 89.7 Å². The van der Waals surface area contributed by atoms with Crippen LogP contribution in [-0.4, -0.2) is 89.7 Å². The van der Waals surface area contributed by atoms with Gasteiger partial charge in [-0.05, 0) is 204 Å². The second-order valence-corrected chi connectivity index (χ2v) is 22.6. The van der Waals surface area contributed by atoms with Crippen LogP contribution in [0.1, 0.15) is 175 Å². The van der Waals surface area contributed by atoms with Crippen molar-refractivity contribution in [2.24, 2.45) is 0 Å². The molecule has 18 heteroatoms. The van der Waals surface area contributed by atoms with Crippen molar-refractivity contribution in [3.63, 3.8) is 0 Å². The molecular weight excluding hydrogens is 1440 g/mol. The van der Waals surface area contributed by atoms with E-state index in [2.05, 4.69) is 110 Å². The molecule has 18 heterocycles. The lowest BCUT2D eigenvalue weighted by Crippen LogP contribution is -1.84. The van der Waals surface area contributed by atoms with Crippen LogP contribution in [0, 0.1) is 62.3 Å². The third-order valence-corrected chi connectivity index (χ3v) is 15.6. The molecule has 0 fully saturated rings. The molecule has 0 atom stereocenters. The fourth-order valence-electron chi connectivity index (χ4n) is 10.3. The van der Waals surface area contributed by atoms with E-state index in [1.54, 1.807) is 86.8 Å². The zero-order chi connectivity index (χ0) is 87.1. The maximum Gasteiger partial charge on any atom is 0.159 e. The number of fused-ring (bicyclic) bond motifs is 9. The third-order valence-electron chi connectivity index (χ3n) is 15.6. The number of pyridine rings is 18. The summed E-state index contributed by atoms with van der Waals surface area (Å²) in [6.07, 6.45) is 47.2. The lowest BCUT2D eigenvalue weighted by Gasteiger charge is -1.97. The summed E-state index contributed by atoms with van der Waals surface area (Å²) in [6.45, 7) is 54.2. The molecule has 0 saturated carbocycles. The number of aryl methyl sites for hydroxylation is 9. The monoisotopic (exact) mass is 1570 g/mol. The first kappa shape index (κ1) is 102. The average Bonchev–Trinajstić information content (AvgIpc) is 0.923. The Kier molecular flexibility index (Phi) is 54.5. The van der Waals surface area contributed by atoms with Gasteiger partial charge in [-0.1, -0.05) is 137 Å². The normalized spacial score (nSPS) is 9.15. The SMILES string of the molecule is CC.CC.CC.CC.CC.CC.CC.CC.CC.Cc1ccnc2ncccc12.Cc1cncc2cccnc12.Cc1cncc2ccncc12.Cc1cncc2cnccc12.Cc1cncc2ncccc12.Cc1nccc2cccnc12.Cc1nccc2ccncc12.Cc1nccc2cnccc12.Cc1nccc2ncccc12. The first-order chi connectivity index (χ1) is 57.4. The van der Waals surface area contributed by atoms with E-state index in [1.807, 2.05) is 357 Å². The molecule has 0 amide bonds. The number of hydrogen-bond acceptors (Lipinski definition) is 18. The van der Waals surface area contributed by atoms with Crippen LogP contribution in [0.3, 0.4) is 0 Å². The standard InChI is InChI=1S/9C9H8N2.9C2H6/c1-7-9-3-4-10-6-8(9)2-5-11-7;1-7-9-6-10-4-2-8(9)3-5-11-7;1-7-4-11-6-8-5-10-3-2-9(7)8;1-7-4-11-5-8-2-3-10-6-9(7)8;1-7-8-3-2-5-11-9(8)4-6-10-7;1-7-9-8(4-6-10-7)3-2-5-11-9;1-7-4-6-11-9-8(7)3-2-5-10-9;1-7-5-10-6-9-8(7)3-2-4-11-9;1-7-5-10-6-8-3-2-4-11-9(7)8;9*1-2/h9*2-6H,1H3;9*1-2H3. The van der Waals surface area contributed by atoms with Gasteiger partial charge in [0.1, 0.15) is 0 Å². The summed E-state index contributed by atoms with van der Waals surface area (Å²) >= 11 is 0. The highest BCUT2D eigenvalue weighted by atomic mass is 14.8. The highest BCUT2D eigenvalue weighted by Gasteiger charge is 2.02. The molecule has 18 nitrogen and oxygen atoms in total. The van der Waals surface area contributed by atoms with Gasteiger partial charge in [-0.3, -0.25) is 79.7 Å². The lowest BCUT2D eigenvalue weighted by atomic mass is 10.1. The number of aromatic nitrogens is 18. The third kappa shape index (κ3) is 33.9. The Hall–Kier alpha value is -13.0. The van der Waals surface area contributed by atoms with Crippen LogP contribution in [0.15, 0.2) is 276 Å². The minimum Gasteiger partial charge on any atom is -0.264 e. The molecule has 0 aliphatic carbocycles. The Balaban J connectivity index is 0.000000642. The van der Waals surface area contributed by atoms with Crippen LogP contribution in [0.4, 0.5) is 0 Å². The fourth-order valence-corrected chi connectivity index (χ4v) is 10.3. The van der Waals surface area contributed by atoms with Gasteiger partial charge in [0.15, 0.2) is 5.65 Å². The number of hydrogen-bond donors (Lipinski definition) is 0. The van der Waals surface area contributed by atoms with Gasteiger partial charge in [0.2, 0.25) is 0 Å². The minimum atomic E-state index is 0.826. The molecule has 18 aromatic rings. The van der Waals surface area contributed by atoms with Gasteiger partial charge >= 0.3 is 0 Å².